The van der Waals surface area contributed by atoms with Crippen LogP contribution in [0, 0.1) is 0 Å². The number of aliphatic carboxylic acids is 1. The van der Waals surface area contributed by atoms with Gasteiger partial charge in [-0.3, -0.25) is 4.79 Å². The summed E-state index contributed by atoms with van der Waals surface area (Å²) >= 11 is 0. The predicted molar refractivity (Wildman–Crippen MR) is 109 cm³/mol. The molecule has 0 spiro atoms. The van der Waals surface area contributed by atoms with Gasteiger partial charge in [0, 0.05) is 12.8 Å². The van der Waals surface area contributed by atoms with Crippen molar-refractivity contribution in [3.05, 3.63) is 48.6 Å². The van der Waals surface area contributed by atoms with Crippen molar-refractivity contribution in [2.24, 2.45) is 0 Å². The van der Waals surface area contributed by atoms with Crippen LogP contribution in [-0.2, 0) is 9.53 Å². The molecule has 0 amide bonds. The lowest BCUT2D eigenvalue weighted by atomic mass is 10.0. The molecule has 0 aromatic rings. The number of rotatable bonds is 13. The van der Waals surface area contributed by atoms with Crippen LogP contribution in [0.25, 0.3) is 0 Å². The van der Waals surface area contributed by atoms with E-state index in [2.05, 4.69) is 0 Å². The first-order valence-corrected chi connectivity index (χ1v) is 9.98. The van der Waals surface area contributed by atoms with Gasteiger partial charge in [-0.2, -0.15) is 0 Å². The van der Waals surface area contributed by atoms with E-state index in [1.807, 2.05) is 43.4 Å². The molecule has 5 atom stereocenters. The molecular weight excluding hydrogens is 360 g/mol. The third kappa shape index (κ3) is 10.6. The van der Waals surface area contributed by atoms with E-state index < -0.39 is 36.5 Å². The number of aliphatic hydroxyl groups excluding tert-OH is 3. The third-order valence-corrected chi connectivity index (χ3v) is 4.50. The zero-order chi connectivity index (χ0) is 20.8. The van der Waals surface area contributed by atoms with Crippen molar-refractivity contribution in [1.29, 1.82) is 0 Å². The maximum absolute atomic E-state index is 10.4. The summed E-state index contributed by atoms with van der Waals surface area (Å²) in [4.78, 5) is 10.4. The van der Waals surface area contributed by atoms with E-state index in [0.29, 0.717) is 25.7 Å². The number of carboxylic acid groups (broad SMARTS) is 1. The molecule has 158 valence electrons. The molecule has 6 nitrogen and oxygen atoms in total. The molecule has 1 saturated heterocycles. The van der Waals surface area contributed by atoms with Crippen molar-refractivity contribution >= 4 is 5.97 Å². The first-order valence-electron chi connectivity index (χ1n) is 9.98. The van der Waals surface area contributed by atoms with Gasteiger partial charge < -0.3 is 25.2 Å². The summed E-state index contributed by atoms with van der Waals surface area (Å²) in [6.45, 7) is 1.87. The van der Waals surface area contributed by atoms with Gasteiger partial charge in [-0.25, -0.2) is 0 Å². The second-order valence-electron chi connectivity index (χ2n) is 6.92. The molecule has 0 aromatic heterocycles. The van der Waals surface area contributed by atoms with Crippen LogP contribution in [0.4, 0.5) is 0 Å². The monoisotopic (exact) mass is 394 g/mol. The molecule has 0 saturated carbocycles. The number of allylic oxidation sites excluding steroid dienone is 5. The van der Waals surface area contributed by atoms with Crippen molar-refractivity contribution < 1.29 is 30.0 Å². The van der Waals surface area contributed by atoms with E-state index in [-0.39, 0.29) is 6.42 Å². The van der Waals surface area contributed by atoms with Gasteiger partial charge in [0.05, 0.1) is 24.4 Å². The molecular formula is C22H34O6. The van der Waals surface area contributed by atoms with Gasteiger partial charge in [-0.05, 0) is 32.1 Å². The lowest BCUT2D eigenvalue weighted by Gasteiger charge is -2.16. The van der Waals surface area contributed by atoms with Crippen LogP contribution in [0.3, 0.4) is 0 Å². The molecule has 0 aromatic carbocycles. The van der Waals surface area contributed by atoms with Crippen LogP contribution in [-0.4, -0.2) is 56.9 Å². The van der Waals surface area contributed by atoms with Crippen LogP contribution >= 0.6 is 0 Å². The lowest BCUT2D eigenvalue weighted by molar-refractivity contribution is -0.136. The van der Waals surface area contributed by atoms with Crippen LogP contribution in [0.1, 0.15) is 51.9 Å². The minimum atomic E-state index is -0.785. The molecule has 1 fully saturated rings. The van der Waals surface area contributed by atoms with Gasteiger partial charge in [0.1, 0.15) is 6.10 Å². The van der Waals surface area contributed by atoms with Crippen molar-refractivity contribution in [1.82, 2.24) is 0 Å². The fraction of sp³-hybridized carbons (Fsp3) is 0.591. The number of carbonyl (C=O) groups is 1. The average molecular weight is 395 g/mol. The van der Waals surface area contributed by atoms with Gasteiger partial charge in [0.2, 0.25) is 0 Å². The second kappa shape index (κ2) is 14.3. The van der Waals surface area contributed by atoms with E-state index in [1.54, 1.807) is 12.2 Å². The quantitative estimate of drug-likeness (QED) is 0.358. The molecule has 1 heterocycles. The van der Waals surface area contributed by atoms with Gasteiger partial charge in [0.15, 0.2) is 0 Å². The zero-order valence-corrected chi connectivity index (χ0v) is 16.6. The van der Waals surface area contributed by atoms with Crippen LogP contribution in [0.2, 0.25) is 0 Å². The Kier molecular flexibility index (Phi) is 12.4. The second-order valence-corrected chi connectivity index (χ2v) is 6.92. The van der Waals surface area contributed by atoms with Crippen LogP contribution in [0.5, 0.6) is 0 Å². The molecule has 28 heavy (non-hydrogen) atoms. The molecule has 0 radical (unpaired) electrons. The molecule has 4 N–H and O–H groups in total. The van der Waals surface area contributed by atoms with Crippen LogP contribution in [0.15, 0.2) is 48.6 Å². The molecule has 1 rings (SSSR count). The number of aliphatic hydroxyl groups is 3. The highest BCUT2D eigenvalue weighted by molar-refractivity contribution is 5.66. The lowest BCUT2D eigenvalue weighted by Crippen LogP contribution is -2.25. The standard InChI is InChI=1S/C22H34O6/c1-2-17(23)14-15-20-19(25)16-21(28-20)18(24)12-10-8-6-4-3-5-7-9-11-13-22(26)27/h3-4,7-10,14-15,17-21,23-25H,2,5-6,11-13,16H2,1H3,(H,26,27)/b4-3-,9-7-,10-8-,15-14+/t17-,18+,19+,20-,21-/m1/s1. The molecule has 6 heteroatoms. The first-order chi connectivity index (χ1) is 13.4. The number of ether oxygens (including phenoxy) is 1. The highest BCUT2D eigenvalue weighted by Gasteiger charge is 2.35. The van der Waals surface area contributed by atoms with Crippen molar-refractivity contribution in [3.8, 4) is 0 Å². The fourth-order valence-electron chi connectivity index (χ4n) is 2.77. The fourth-order valence-corrected chi connectivity index (χ4v) is 2.77. The molecule has 0 bridgehead atoms. The summed E-state index contributed by atoms with van der Waals surface area (Å²) in [5.41, 5.74) is 0. The predicted octanol–water partition coefficient (Wildman–Crippen LogP) is 2.90. The Morgan fingerprint density at radius 1 is 1.11 bits per heavy atom. The Hall–Kier alpha value is -1.73. The summed E-state index contributed by atoms with van der Waals surface area (Å²) in [5.74, 6) is -0.785. The highest BCUT2D eigenvalue weighted by Crippen LogP contribution is 2.25. The van der Waals surface area contributed by atoms with Crippen molar-refractivity contribution in [2.75, 3.05) is 0 Å². The van der Waals surface area contributed by atoms with E-state index in [1.165, 1.54) is 0 Å². The summed E-state index contributed by atoms with van der Waals surface area (Å²) in [6, 6.07) is 0. The number of hydrogen-bond donors (Lipinski definition) is 4. The Labute approximate surface area is 167 Å². The zero-order valence-electron chi connectivity index (χ0n) is 16.6. The summed E-state index contributed by atoms with van der Waals surface area (Å²) < 4.78 is 5.70. The average Bonchev–Trinajstić information content (AvgIpc) is 3.04. The maximum atomic E-state index is 10.4. The van der Waals surface area contributed by atoms with Crippen molar-refractivity contribution in [3.63, 3.8) is 0 Å². The topological polar surface area (TPSA) is 107 Å². The van der Waals surface area contributed by atoms with Crippen molar-refractivity contribution in [2.45, 2.75) is 82.4 Å². The van der Waals surface area contributed by atoms with Crippen LogP contribution < -0.4 is 0 Å². The van der Waals surface area contributed by atoms with E-state index in [9.17, 15) is 20.1 Å². The normalized spacial score (nSPS) is 25.5. The number of carboxylic acids is 1. The van der Waals surface area contributed by atoms with E-state index in [0.717, 1.165) is 12.8 Å². The Morgan fingerprint density at radius 2 is 1.75 bits per heavy atom. The molecule has 0 aliphatic carbocycles. The van der Waals surface area contributed by atoms with E-state index in [4.69, 9.17) is 9.84 Å². The summed E-state index contributed by atoms with van der Waals surface area (Å²) in [7, 11) is 0. The SMILES string of the molecule is CC[C@@H](O)/C=C/[C@H]1O[C@@H]([C@@H](O)C/C=C\C/C=C\C/C=C\CCC(=O)O)C[C@@H]1O. The largest absolute Gasteiger partial charge is 0.481 e. The smallest absolute Gasteiger partial charge is 0.303 e. The first kappa shape index (κ1) is 24.3. The molecule has 1 aliphatic rings. The van der Waals surface area contributed by atoms with Gasteiger partial charge in [-0.15, -0.1) is 0 Å². The molecule has 1 aliphatic heterocycles. The van der Waals surface area contributed by atoms with E-state index >= 15 is 0 Å². The molecule has 0 unspecified atom stereocenters. The minimum Gasteiger partial charge on any atom is -0.481 e. The minimum absolute atomic E-state index is 0.157. The Morgan fingerprint density at radius 3 is 2.39 bits per heavy atom. The van der Waals surface area contributed by atoms with Gasteiger partial charge in [0.25, 0.3) is 0 Å². The summed E-state index contributed by atoms with van der Waals surface area (Å²) in [5, 5.41) is 38.3. The highest BCUT2D eigenvalue weighted by atomic mass is 16.5. The third-order valence-electron chi connectivity index (χ3n) is 4.50. The van der Waals surface area contributed by atoms with Gasteiger partial charge in [-0.1, -0.05) is 55.5 Å². The Bertz CT molecular complexity index is 551. The number of hydrogen-bond acceptors (Lipinski definition) is 5. The van der Waals surface area contributed by atoms with Gasteiger partial charge >= 0.3 is 5.97 Å². The Balaban J connectivity index is 2.22. The summed E-state index contributed by atoms with van der Waals surface area (Å²) in [6.07, 6.45) is 15.9. The maximum Gasteiger partial charge on any atom is 0.303 e.